The quantitative estimate of drug-likeness (QED) is 0.309. The van der Waals surface area contributed by atoms with Crippen LogP contribution in [0.5, 0.6) is 5.88 Å². The van der Waals surface area contributed by atoms with Crippen LogP contribution < -0.4 is 4.74 Å². The predicted octanol–water partition coefficient (Wildman–Crippen LogP) is 7.25. The summed E-state index contributed by atoms with van der Waals surface area (Å²) in [6.45, 7) is 3.41. The highest BCUT2D eigenvalue weighted by molar-refractivity contribution is 7.10. The Balaban J connectivity index is 1.17. The minimum atomic E-state index is -2.63. The van der Waals surface area contributed by atoms with Crippen molar-refractivity contribution in [3.63, 3.8) is 0 Å². The lowest BCUT2D eigenvalue weighted by atomic mass is 9.97. The van der Waals surface area contributed by atoms with E-state index in [0.717, 1.165) is 47.9 Å². The molecule has 0 spiro atoms. The Bertz CT molecular complexity index is 1230. The lowest BCUT2D eigenvalue weighted by molar-refractivity contribution is 0.0155. The number of aromatic nitrogens is 2. The maximum atomic E-state index is 13.2. The molecule has 2 aromatic heterocycles. The second-order valence-corrected chi connectivity index (χ2v) is 10.5. The van der Waals surface area contributed by atoms with Crippen LogP contribution in [0, 0.1) is 0 Å². The molecule has 0 N–H and O–H groups in total. The zero-order chi connectivity index (χ0) is 25.2. The number of ether oxygens (including phenoxy) is 1. The first-order valence-corrected chi connectivity index (χ1v) is 13.3. The number of nitrogens with zero attached hydrogens (tertiary/aromatic N) is 4. The van der Waals surface area contributed by atoms with Crippen LogP contribution in [0.3, 0.4) is 0 Å². The van der Waals surface area contributed by atoms with Crippen LogP contribution in [0.4, 0.5) is 8.78 Å². The highest BCUT2D eigenvalue weighted by atomic mass is 35.5. The van der Waals surface area contributed by atoms with Gasteiger partial charge in [0.05, 0.1) is 16.3 Å². The summed E-state index contributed by atoms with van der Waals surface area (Å²) in [6.07, 6.45) is 0.484. The van der Waals surface area contributed by atoms with Gasteiger partial charge in [0.1, 0.15) is 5.71 Å². The summed E-state index contributed by atoms with van der Waals surface area (Å²) in [4.78, 5) is 16.6. The minimum Gasteiger partial charge on any atom is -0.458 e. The van der Waals surface area contributed by atoms with Crippen LogP contribution >= 0.6 is 34.5 Å². The zero-order valence-corrected chi connectivity index (χ0v) is 21.7. The van der Waals surface area contributed by atoms with Gasteiger partial charge < -0.3 is 9.57 Å². The van der Waals surface area contributed by atoms with Gasteiger partial charge in [-0.2, -0.15) is 0 Å². The van der Waals surface area contributed by atoms with E-state index >= 15 is 0 Å². The summed E-state index contributed by atoms with van der Waals surface area (Å²) < 4.78 is 32.3. The molecule has 190 valence electrons. The molecular formula is C25H24Cl2F2N4O2S. The molecule has 0 saturated carbocycles. The molecule has 1 unspecified atom stereocenters. The van der Waals surface area contributed by atoms with E-state index in [-0.39, 0.29) is 23.8 Å². The van der Waals surface area contributed by atoms with Gasteiger partial charge in [-0.05, 0) is 44.0 Å². The van der Waals surface area contributed by atoms with E-state index in [1.165, 1.54) is 18.3 Å². The number of likely N-dealkylation sites (tertiary alicyclic amines) is 1. The molecule has 2 aliphatic heterocycles. The standard InChI is InChI=1S/C25H24Cl2F2N4O2S/c1-14(34-24-16(23(28)29)4-3-9-30-24)33-10-7-15(8-11-33)25-31-20(13-36-25)19-12-21(35-32-19)22-17(26)5-2-6-18(22)27/h2-6,9,13-15,21,23H,7-8,10-12H2,1H3/t14?,21-/m1/s1. The monoisotopic (exact) mass is 552 g/mol. The van der Waals surface area contributed by atoms with Crippen LogP contribution in [0.25, 0.3) is 0 Å². The zero-order valence-electron chi connectivity index (χ0n) is 19.4. The van der Waals surface area contributed by atoms with E-state index in [9.17, 15) is 8.78 Å². The molecular weight excluding hydrogens is 529 g/mol. The summed E-state index contributed by atoms with van der Waals surface area (Å²) >= 11 is 14.3. The van der Waals surface area contributed by atoms with E-state index in [0.29, 0.717) is 22.4 Å². The van der Waals surface area contributed by atoms with Crippen molar-refractivity contribution in [1.82, 2.24) is 14.9 Å². The molecule has 4 heterocycles. The van der Waals surface area contributed by atoms with Crippen molar-refractivity contribution in [2.45, 2.75) is 50.9 Å². The molecule has 1 saturated heterocycles. The summed E-state index contributed by atoms with van der Waals surface area (Å²) in [7, 11) is 0. The molecule has 0 amide bonds. The van der Waals surface area contributed by atoms with Gasteiger partial charge in [-0.3, -0.25) is 4.90 Å². The summed E-state index contributed by atoms with van der Waals surface area (Å²) in [5.41, 5.74) is 2.15. The Kier molecular flexibility index (Phi) is 7.71. The number of hydrogen-bond donors (Lipinski definition) is 0. The molecule has 1 aromatic carbocycles. The van der Waals surface area contributed by atoms with Crippen molar-refractivity contribution in [2.75, 3.05) is 13.1 Å². The molecule has 3 aromatic rings. The van der Waals surface area contributed by atoms with Crippen LogP contribution in [-0.2, 0) is 4.84 Å². The summed E-state index contributed by atoms with van der Waals surface area (Å²) in [5, 5.41) is 8.45. The Morgan fingerprint density at radius 1 is 1.14 bits per heavy atom. The third kappa shape index (κ3) is 5.34. The van der Waals surface area contributed by atoms with E-state index in [2.05, 4.69) is 15.0 Å². The fourth-order valence-electron chi connectivity index (χ4n) is 4.52. The fourth-order valence-corrected chi connectivity index (χ4v) is 6.16. The second kappa shape index (κ2) is 11.0. The molecule has 2 aliphatic rings. The average Bonchev–Trinajstić information content (AvgIpc) is 3.55. The smallest absolute Gasteiger partial charge is 0.269 e. The van der Waals surface area contributed by atoms with E-state index in [4.69, 9.17) is 37.8 Å². The molecule has 0 aliphatic carbocycles. The van der Waals surface area contributed by atoms with Gasteiger partial charge in [0, 0.05) is 52.6 Å². The van der Waals surface area contributed by atoms with Gasteiger partial charge in [-0.15, -0.1) is 11.3 Å². The van der Waals surface area contributed by atoms with Crippen LogP contribution in [-0.4, -0.2) is 39.9 Å². The number of hydrogen-bond acceptors (Lipinski definition) is 7. The van der Waals surface area contributed by atoms with Gasteiger partial charge in [-0.1, -0.05) is 34.4 Å². The van der Waals surface area contributed by atoms with Crippen LogP contribution in [0.2, 0.25) is 10.0 Å². The number of thiazole rings is 1. The van der Waals surface area contributed by atoms with Gasteiger partial charge in [0.25, 0.3) is 6.43 Å². The molecule has 1 fully saturated rings. The SMILES string of the molecule is CC(Oc1ncccc1C(F)F)N1CCC(c2nc(C3=NO[C@@H](c4c(Cl)cccc4Cl)C3)cs2)CC1. The first-order valence-electron chi connectivity index (χ1n) is 11.7. The third-order valence-corrected chi connectivity index (χ3v) is 8.19. The van der Waals surface area contributed by atoms with Gasteiger partial charge in [-0.25, -0.2) is 18.7 Å². The van der Waals surface area contributed by atoms with Crippen LogP contribution in [0.15, 0.2) is 47.1 Å². The lowest BCUT2D eigenvalue weighted by Gasteiger charge is -2.35. The summed E-state index contributed by atoms with van der Waals surface area (Å²) in [6, 6.07) is 8.21. The molecule has 5 rings (SSSR count). The Labute approximate surface area is 221 Å². The molecule has 0 bridgehead atoms. The number of alkyl halides is 2. The van der Waals surface area contributed by atoms with E-state index < -0.39 is 6.43 Å². The molecule has 11 heteroatoms. The van der Waals surface area contributed by atoms with Crippen molar-refractivity contribution in [3.8, 4) is 5.88 Å². The maximum absolute atomic E-state index is 13.2. The van der Waals surface area contributed by atoms with Crippen LogP contribution in [0.1, 0.15) is 66.5 Å². The first-order chi connectivity index (χ1) is 17.4. The number of halogens is 4. The predicted molar refractivity (Wildman–Crippen MR) is 136 cm³/mol. The highest BCUT2D eigenvalue weighted by Gasteiger charge is 2.31. The Hall–Kier alpha value is -2.33. The lowest BCUT2D eigenvalue weighted by Crippen LogP contribution is -2.42. The second-order valence-electron chi connectivity index (χ2n) is 8.77. The van der Waals surface area contributed by atoms with Crippen molar-refractivity contribution < 1.29 is 18.4 Å². The molecule has 36 heavy (non-hydrogen) atoms. The fraction of sp³-hybridized carbons (Fsp3) is 0.400. The van der Waals surface area contributed by atoms with E-state index in [1.54, 1.807) is 29.5 Å². The van der Waals surface area contributed by atoms with Gasteiger partial charge in [0.15, 0.2) is 12.3 Å². The topological polar surface area (TPSA) is 59.8 Å². The largest absolute Gasteiger partial charge is 0.458 e. The maximum Gasteiger partial charge on any atom is 0.269 e. The van der Waals surface area contributed by atoms with Gasteiger partial charge >= 0.3 is 0 Å². The molecule has 6 nitrogen and oxygen atoms in total. The third-order valence-electron chi connectivity index (χ3n) is 6.52. The minimum absolute atomic E-state index is 0.0115. The highest BCUT2D eigenvalue weighted by Crippen LogP contribution is 2.39. The molecule has 2 atom stereocenters. The number of benzene rings is 1. The number of piperidine rings is 1. The number of oxime groups is 1. The average molecular weight is 553 g/mol. The normalized spacial score (nSPS) is 19.8. The summed E-state index contributed by atoms with van der Waals surface area (Å²) in [5.74, 6) is 0.304. The first kappa shape index (κ1) is 25.3. The van der Waals surface area contributed by atoms with Crippen molar-refractivity contribution >= 4 is 40.3 Å². The van der Waals surface area contributed by atoms with Crippen molar-refractivity contribution in [2.24, 2.45) is 5.16 Å². The van der Waals surface area contributed by atoms with Crippen molar-refractivity contribution in [3.05, 3.63) is 73.8 Å². The van der Waals surface area contributed by atoms with Crippen molar-refractivity contribution in [1.29, 1.82) is 0 Å². The Morgan fingerprint density at radius 2 is 1.89 bits per heavy atom. The van der Waals surface area contributed by atoms with Gasteiger partial charge in [0.2, 0.25) is 5.88 Å². The Morgan fingerprint density at radius 3 is 2.61 bits per heavy atom. The molecule has 0 radical (unpaired) electrons. The van der Waals surface area contributed by atoms with E-state index in [1.807, 2.05) is 12.3 Å². The number of rotatable bonds is 7. The number of pyridine rings is 1.